The van der Waals surface area contributed by atoms with E-state index in [1.807, 2.05) is 25.1 Å². The third-order valence-corrected chi connectivity index (χ3v) is 4.25. The van der Waals surface area contributed by atoms with Gasteiger partial charge in [0.05, 0.1) is 0 Å². The number of likely N-dealkylation sites (tertiary alicyclic amines) is 1. The van der Waals surface area contributed by atoms with Crippen molar-refractivity contribution in [2.45, 2.75) is 44.8 Å². The molecule has 0 aromatic heterocycles. The molecule has 1 saturated heterocycles. The molecule has 0 saturated carbocycles. The van der Waals surface area contributed by atoms with Crippen molar-refractivity contribution in [3.05, 3.63) is 34.9 Å². The van der Waals surface area contributed by atoms with Crippen LogP contribution in [0.15, 0.2) is 24.3 Å². The zero-order valence-electron chi connectivity index (χ0n) is 12.7. The highest BCUT2D eigenvalue weighted by Crippen LogP contribution is 2.28. The number of nitrogens with zero attached hydrogens (tertiary/aromatic N) is 1. The van der Waals surface area contributed by atoms with E-state index in [-0.39, 0.29) is 24.0 Å². The second kappa shape index (κ2) is 7.25. The maximum Gasteiger partial charge on any atom is 0.217 e. The van der Waals surface area contributed by atoms with Gasteiger partial charge in [-0.15, -0.1) is 0 Å². The van der Waals surface area contributed by atoms with Gasteiger partial charge in [-0.1, -0.05) is 23.7 Å². The summed E-state index contributed by atoms with van der Waals surface area (Å²) in [4.78, 5) is 13.5. The molecule has 0 bridgehead atoms. The van der Waals surface area contributed by atoms with Crippen LogP contribution in [0.25, 0.3) is 0 Å². The number of nitrogens with two attached hydrogens (primary N) is 1. The van der Waals surface area contributed by atoms with Gasteiger partial charge in [0.15, 0.2) is 0 Å². The number of nitrogens with one attached hydrogen (secondary N) is 1. The molecule has 1 amide bonds. The number of carbonyl (C=O) groups is 1. The normalized spacial score (nSPS) is 20.0. The van der Waals surface area contributed by atoms with Gasteiger partial charge < -0.3 is 11.1 Å². The third-order valence-electron chi connectivity index (χ3n) is 4.02. The largest absolute Gasteiger partial charge is 0.354 e. The highest BCUT2D eigenvalue weighted by atomic mass is 35.5. The van der Waals surface area contributed by atoms with Gasteiger partial charge >= 0.3 is 0 Å². The van der Waals surface area contributed by atoms with Crippen molar-refractivity contribution in [2.75, 3.05) is 13.1 Å². The molecule has 21 heavy (non-hydrogen) atoms. The van der Waals surface area contributed by atoms with Crippen molar-refractivity contribution < 1.29 is 4.79 Å². The van der Waals surface area contributed by atoms with Crippen molar-refractivity contribution in [1.29, 1.82) is 0 Å². The Hall–Kier alpha value is -1.10. The van der Waals surface area contributed by atoms with Crippen LogP contribution < -0.4 is 11.1 Å². The van der Waals surface area contributed by atoms with E-state index in [2.05, 4.69) is 16.3 Å². The van der Waals surface area contributed by atoms with E-state index in [9.17, 15) is 4.79 Å². The summed E-state index contributed by atoms with van der Waals surface area (Å²) in [5, 5.41) is 3.74. The van der Waals surface area contributed by atoms with Crippen LogP contribution in [0.3, 0.4) is 0 Å². The summed E-state index contributed by atoms with van der Waals surface area (Å²) in [5.41, 5.74) is 7.37. The van der Waals surface area contributed by atoms with Crippen molar-refractivity contribution in [1.82, 2.24) is 10.2 Å². The average molecular weight is 310 g/mol. The average Bonchev–Trinajstić information content (AvgIpc) is 2.40. The monoisotopic (exact) mass is 309 g/mol. The SMILES string of the molecule is CC(=O)NC1CCN(C(c2cccc(Cl)c2)C(C)N)CC1. The number of piperidine rings is 1. The van der Waals surface area contributed by atoms with Crippen LogP contribution >= 0.6 is 11.6 Å². The molecule has 0 spiro atoms. The molecule has 2 unspecified atom stereocenters. The van der Waals surface area contributed by atoms with Gasteiger partial charge in [-0.05, 0) is 37.5 Å². The lowest BCUT2D eigenvalue weighted by Gasteiger charge is -2.39. The molecule has 5 heteroatoms. The summed E-state index contributed by atoms with van der Waals surface area (Å²) < 4.78 is 0. The van der Waals surface area contributed by atoms with Crippen LogP contribution in [0.2, 0.25) is 5.02 Å². The summed E-state index contributed by atoms with van der Waals surface area (Å²) in [6, 6.07) is 8.41. The molecular weight excluding hydrogens is 286 g/mol. The number of amides is 1. The first kappa shape index (κ1) is 16.3. The van der Waals surface area contributed by atoms with Gasteiger partial charge in [0, 0.05) is 43.2 Å². The fourth-order valence-electron chi connectivity index (χ4n) is 3.15. The summed E-state index contributed by atoms with van der Waals surface area (Å²) in [6.07, 6.45) is 1.92. The molecular formula is C16H24ClN3O. The fourth-order valence-corrected chi connectivity index (χ4v) is 3.35. The van der Waals surface area contributed by atoms with Crippen LogP contribution in [0, 0.1) is 0 Å². The van der Waals surface area contributed by atoms with Gasteiger partial charge in [0.1, 0.15) is 0 Å². The molecule has 0 aliphatic carbocycles. The molecule has 1 heterocycles. The van der Waals surface area contributed by atoms with E-state index in [1.54, 1.807) is 6.92 Å². The first-order chi connectivity index (χ1) is 9.97. The molecule has 116 valence electrons. The molecule has 2 atom stereocenters. The first-order valence-corrected chi connectivity index (χ1v) is 7.87. The Morgan fingerprint density at radius 3 is 2.62 bits per heavy atom. The minimum Gasteiger partial charge on any atom is -0.354 e. The lowest BCUT2D eigenvalue weighted by atomic mass is 9.95. The minimum atomic E-state index is 0.0285. The molecule has 1 aromatic rings. The number of hydrogen-bond acceptors (Lipinski definition) is 3. The van der Waals surface area contributed by atoms with E-state index in [4.69, 9.17) is 17.3 Å². The highest BCUT2D eigenvalue weighted by Gasteiger charge is 2.28. The van der Waals surface area contributed by atoms with Gasteiger partial charge in [0.2, 0.25) is 5.91 Å². The topological polar surface area (TPSA) is 58.4 Å². The van der Waals surface area contributed by atoms with Crippen molar-refractivity contribution in [2.24, 2.45) is 5.73 Å². The number of carbonyl (C=O) groups excluding carboxylic acids is 1. The number of halogens is 1. The lowest BCUT2D eigenvalue weighted by molar-refractivity contribution is -0.120. The molecule has 1 aliphatic rings. The van der Waals surface area contributed by atoms with Gasteiger partial charge in [-0.3, -0.25) is 9.69 Å². The third kappa shape index (κ3) is 4.43. The predicted octanol–water partition coefficient (Wildman–Crippen LogP) is 2.33. The fraction of sp³-hybridized carbons (Fsp3) is 0.562. The van der Waals surface area contributed by atoms with Gasteiger partial charge in [0.25, 0.3) is 0 Å². The molecule has 1 aliphatic heterocycles. The zero-order valence-corrected chi connectivity index (χ0v) is 13.4. The molecule has 1 aromatic carbocycles. The van der Waals surface area contributed by atoms with E-state index < -0.39 is 0 Å². The number of hydrogen-bond donors (Lipinski definition) is 2. The van der Waals surface area contributed by atoms with E-state index in [0.717, 1.165) is 36.5 Å². The number of rotatable bonds is 4. The van der Waals surface area contributed by atoms with Crippen molar-refractivity contribution >= 4 is 17.5 Å². The Bertz CT molecular complexity index is 484. The second-order valence-electron chi connectivity index (χ2n) is 5.87. The summed E-state index contributed by atoms with van der Waals surface area (Å²) in [7, 11) is 0. The highest BCUT2D eigenvalue weighted by molar-refractivity contribution is 6.30. The van der Waals surface area contributed by atoms with Crippen LogP contribution in [0.4, 0.5) is 0 Å². The maximum absolute atomic E-state index is 11.1. The quantitative estimate of drug-likeness (QED) is 0.897. The van der Waals surface area contributed by atoms with Crippen molar-refractivity contribution in [3.63, 3.8) is 0 Å². The molecule has 0 radical (unpaired) electrons. The van der Waals surface area contributed by atoms with Crippen LogP contribution in [0.5, 0.6) is 0 Å². The van der Waals surface area contributed by atoms with E-state index in [0.29, 0.717) is 0 Å². The zero-order chi connectivity index (χ0) is 15.4. The maximum atomic E-state index is 11.1. The Balaban J connectivity index is 2.06. The Morgan fingerprint density at radius 2 is 2.10 bits per heavy atom. The predicted molar refractivity (Wildman–Crippen MR) is 86.3 cm³/mol. The summed E-state index contributed by atoms with van der Waals surface area (Å²) in [6.45, 7) is 5.47. The Labute approximate surface area is 131 Å². The molecule has 1 fully saturated rings. The summed E-state index contributed by atoms with van der Waals surface area (Å²) in [5.74, 6) is 0.0482. The van der Waals surface area contributed by atoms with Gasteiger partial charge in [-0.25, -0.2) is 0 Å². The van der Waals surface area contributed by atoms with Crippen LogP contribution in [-0.2, 0) is 4.79 Å². The standard InChI is InChI=1S/C16H24ClN3O/c1-11(18)16(13-4-3-5-14(17)10-13)20-8-6-15(7-9-20)19-12(2)21/h3-5,10-11,15-16H,6-9,18H2,1-2H3,(H,19,21). The minimum absolute atomic E-state index is 0.0285. The molecule has 2 rings (SSSR count). The second-order valence-corrected chi connectivity index (χ2v) is 6.31. The van der Waals surface area contributed by atoms with E-state index in [1.165, 1.54) is 0 Å². The van der Waals surface area contributed by atoms with E-state index >= 15 is 0 Å². The smallest absolute Gasteiger partial charge is 0.217 e. The van der Waals surface area contributed by atoms with Crippen LogP contribution in [-0.4, -0.2) is 36.0 Å². The first-order valence-electron chi connectivity index (χ1n) is 7.49. The Kier molecular flexibility index (Phi) is 5.62. The molecule has 3 N–H and O–H groups in total. The molecule has 4 nitrogen and oxygen atoms in total. The van der Waals surface area contributed by atoms with Crippen molar-refractivity contribution in [3.8, 4) is 0 Å². The summed E-state index contributed by atoms with van der Waals surface area (Å²) >= 11 is 6.11. The lowest BCUT2D eigenvalue weighted by Crippen LogP contribution is -2.48. The van der Waals surface area contributed by atoms with Gasteiger partial charge in [-0.2, -0.15) is 0 Å². The Morgan fingerprint density at radius 1 is 1.43 bits per heavy atom. The van der Waals surface area contributed by atoms with Crippen LogP contribution in [0.1, 0.15) is 38.3 Å². The number of benzene rings is 1.